The first kappa shape index (κ1) is 24.5. The summed E-state index contributed by atoms with van der Waals surface area (Å²) in [6.45, 7) is 5.18. The third-order valence-electron chi connectivity index (χ3n) is 8.98. The first-order valence-corrected chi connectivity index (χ1v) is 14.3. The van der Waals surface area contributed by atoms with Gasteiger partial charge in [0, 0.05) is 31.4 Å². The lowest BCUT2D eigenvalue weighted by Gasteiger charge is -2.51. The van der Waals surface area contributed by atoms with E-state index in [-0.39, 0.29) is 23.7 Å². The largest absolute Gasteiger partial charge is 0.321 e. The molecule has 3 aliphatic rings. The molecule has 1 spiro atoms. The molecule has 33 heavy (non-hydrogen) atoms. The summed E-state index contributed by atoms with van der Waals surface area (Å²) in [6, 6.07) is 10.8. The molecule has 3 fully saturated rings. The van der Waals surface area contributed by atoms with Crippen molar-refractivity contribution in [2.75, 3.05) is 40.0 Å². The lowest BCUT2D eigenvalue weighted by Crippen LogP contribution is -2.56. The van der Waals surface area contributed by atoms with Gasteiger partial charge in [0.2, 0.25) is 0 Å². The van der Waals surface area contributed by atoms with Crippen LogP contribution in [-0.2, 0) is 15.4 Å². The maximum Gasteiger partial charge on any atom is 0.320 e. The highest BCUT2D eigenvalue weighted by Gasteiger charge is 2.55. The van der Waals surface area contributed by atoms with E-state index in [0.717, 1.165) is 32.2 Å². The standard InChI is InChI=1S/C26H41N3O3S/c1-24(2,33(5,31)32)19-28-20-25(29(23(28)30)18-21-10-9-11-21)14-16-26(17-15-25,27(3)4)22-12-7-6-8-13-22/h6-8,12-13,21H,9-11,14-20H2,1-5H3. The molecule has 2 aliphatic carbocycles. The van der Waals surface area contributed by atoms with E-state index in [1.54, 1.807) is 13.8 Å². The molecule has 1 aromatic carbocycles. The van der Waals surface area contributed by atoms with E-state index < -0.39 is 14.6 Å². The molecule has 1 aromatic rings. The van der Waals surface area contributed by atoms with E-state index in [1.807, 2.05) is 4.90 Å². The van der Waals surface area contributed by atoms with Gasteiger partial charge in [0.1, 0.15) is 0 Å². The molecular weight excluding hydrogens is 434 g/mol. The molecule has 1 aliphatic heterocycles. The lowest BCUT2D eigenvalue weighted by atomic mass is 9.68. The van der Waals surface area contributed by atoms with Crippen LogP contribution in [0.15, 0.2) is 30.3 Å². The van der Waals surface area contributed by atoms with Crippen LogP contribution in [0.3, 0.4) is 0 Å². The molecule has 1 heterocycles. The molecule has 0 atom stereocenters. The average molecular weight is 476 g/mol. The molecule has 2 amide bonds. The fraction of sp³-hybridized carbons (Fsp3) is 0.731. The van der Waals surface area contributed by atoms with E-state index in [1.165, 1.54) is 31.1 Å². The Morgan fingerprint density at radius 3 is 2.15 bits per heavy atom. The lowest BCUT2D eigenvalue weighted by molar-refractivity contribution is 0.0159. The normalized spacial score (nSPS) is 29.2. The van der Waals surface area contributed by atoms with Gasteiger partial charge in [-0.3, -0.25) is 4.90 Å². The monoisotopic (exact) mass is 475 g/mol. The summed E-state index contributed by atoms with van der Waals surface area (Å²) in [4.78, 5) is 20.0. The minimum atomic E-state index is -3.27. The van der Waals surface area contributed by atoms with E-state index in [4.69, 9.17) is 0 Å². The zero-order chi connectivity index (χ0) is 24.1. The molecule has 7 heteroatoms. The van der Waals surface area contributed by atoms with Crippen LogP contribution in [0, 0.1) is 5.92 Å². The first-order valence-electron chi connectivity index (χ1n) is 12.4. The second-order valence-electron chi connectivity index (χ2n) is 11.6. The van der Waals surface area contributed by atoms with Gasteiger partial charge in [-0.15, -0.1) is 0 Å². The highest BCUT2D eigenvalue weighted by Crippen LogP contribution is 2.49. The second kappa shape index (κ2) is 8.56. The van der Waals surface area contributed by atoms with Crippen molar-refractivity contribution >= 4 is 15.9 Å². The summed E-state index contributed by atoms with van der Waals surface area (Å²) in [5.41, 5.74) is 1.11. The summed E-state index contributed by atoms with van der Waals surface area (Å²) in [5.74, 6) is 0.586. The van der Waals surface area contributed by atoms with Gasteiger partial charge in [0.15, 0.2) is 9.84 Å². The third kappa shape index (κ3) is 4.31. The first-order chi connectivity index (χ1) is 15.4. The van der Waals surface area contributed by atoms with E-state index in [9.17, 15) is 13.2 Å². The summed E-state index contributed by atoms with van der Waals surface area (Å²) in [5, 5.41) is 0. The van der Waals surface area contributed by atoms with E-state index >= 15 is 0 Å². The van der Waals surface area contributed by atoms with Gasteiger partial charge in [-0.2, -0.15) is 0 Å². The third-order valence-corrected chi connectivity index (χ3v) is 11.1. The van der Waals surface area contributed by atoms with E-state index in [0.29, 0.717) is 12.5 Å². The number of hydrogen-bond donors (Lipinski definition) is 0. The number of carbonyl (C=O) groups excluding carboxylic acids is 1. The number of sulfone groups is 1. The Balaban J connectivity index is 1.61. The summed E-state index contributed by atoms with van der Waals surface area (Å²) >= 11 is 0. The number of rotatable bonds is 7. The Labute approximate surface area is 200 Å². The van der Waals surface area contributed by atoms with Gasteiger partial charge in [0.25, 0.3) is 0 Å². The molecule has 4 rings (SSSR count). The number of hydrogen-bond acceptors (Lipinski definition) is 4. The zero-order valence-corrected chi connectivity index (χ0v) is 21.8. The van der Waals surface area contributed by atoms with Crippen molar-refractivity contribution in [3.8, 4) is 0 Å². The number of carbonyl (C=O) groups is 1. The molecule has 0 radical (unpaired) electrons. The van der Waals surface area contributed by atoms with Crippen LogP contribution in [0.1, 0.15) is 64.4 Å². The van der Waals surface area contributed by atoms with Crippen LogP contribution in [-0.4, -0.2) is 79.4 Å². The van der Waals surface area contributed by atoms with Crippen molar-refractivity contribution in [1.82, 2.24) is 14.7 Å². The summed E-state index contributed by atoms with van der Waals surface area (Å²) in [6.07, 6.45) is 8.77. The van der Waals surface area contributed by atoms with Crippen LogP contribution in [0.25, 0.3) is 0 Å². The predicted molar refractivity (Wildman–Crippen MR) is 133 cm³/mol. The molecule has 0 aromatic heterocycles. The van der Waals surface area contributed by atoms with Crippen molar-refractivity contribution < 1.29 is 13.2 Å². The molecular formula is C26H41N3O3S. The minimum Gasteiger partial charge on any atom is -0.321 e. The highest BCUT2D eigenvalue weighted by molar-refractivity contribution is 7.92. The Hall–Kier alpha value is -1.60. The van der Waals surface area contributed by atoms with Crippen LogP contribution in [0.2, 0.25) is 0 Å². The molecule has 184 valence electrons. The summed E-state index contributed by atoms with van der Waals surface area (Å²) < 4.78 is 23.8. The van der Waals surface area contributed by atoms with Crippen LogP contribution >= 0.6 is 0 Å². The van der Waals surface area contributed by atoms with Crippen LogP contribution < -0.4 is 0 Å². The van der Waals surface area contributed by atoms with Gasteiger partial charge >= 0.3 is 6.03 Å². The Morgan fingerprint density at radius 2 is 1.67 bits per heavy atom. The molecule has 1 saturated heterocycles. The Bertz CT molecular complexity index is 962. The maximum absolute atomic E-state index is 13.7. The van der Waals surface area contributed by atoms with Crippen molar-refractivity contribution in [2.24, 2.45) is 5.92 Å². The van der Waals surface area contributed by atoms with Crippen molar-refractivity contribution in [3.05, 3.63) is 35.9 Å². The smallest absolute Gasteiger partial charge is 0.320 e. The van der Waals surface area contributed by atoms with Gasteiger partial charge in [-0.05, 0) is 77.9 Å². The SMILES string of the molecule is CN(C)C1(c2ccccc2)CCC2(CC1)CN(CC(C)(C)S(C)(=O)=O)C(=O)N2CC1CCC1. The molecule has 6 nitrogen and oxygen atoms in total. The van der Waals surface area contributed by atoms with Crippen LogP contribution in [0.4, 0.5) is 4.79 Å². The second-order valence-corrected chi connectivity index (χ2v) is 14.2. The fourth-order valence-electron chi connectivity index (χ4n) is 6.09. The summed E-state index contributed by atoms with van der Waals surface area (Å²) in [7, 11) is 1.05. The molecule has 0 N–H and O–H groups in total. The van der Waals surface area contributed by atoms with Crippen molar-refractivity contribution in [1.29, 1.82) is 0 Å². The zero-order valence-electron chi connectivity index (χ0n) is 21.0. The van der Waals surface area contributed by atoms with Crippen molar-refractivity contribution in [2.45, 2.75) is 74.6 Å². The molecule has 2 saturated carbocycles. The number of urea groups is 1. The molecule has 0 bridgehead atoms. The quantitative estimate of drug-likeness (QED) is 0.595. The Morgan fingerprint density at radius 1 is 1.06 bits per heavy atom. The maximum atomic E-state index is 13.7. The minimum absolute atomic E-state index is 0.0306. The van der Waals surface area contributed by atoms with E-state index in [2.05, 4.69) is 54.2 Å². The average Bonchev–Trinajstić information content (AvgIpc) is 2.95. The van der Waals surface area contributed by atoms with Gasteiger partial charge < -0.3 is 9.80 Å². The number of nitrogens with zero attached hydrogens (tertiary/aromatic N) is 3. The van der Waals surface area contributed by atoms with Gasteiger partial charge in [-0.1, -0.05) is 36.8 Å². The topological polar surface area (TPSA) is 60.9 Å². The highest BCUT2D eigenvalue weighted by atomic mass is 32.2. The predicted octanol–water partition coefficient (Wildman–Crippen LogP) is 4.12. The van der Waals surface area contributed by atoms with Gasteiger partial charge in [0.05, 0.1) is 10.3 Å². The Kier molecular flexibility index (Phi) is 6.36. The number of benzene rings is 1. The fourth-order valence-corrected chi connectivity index (χ4v) is 6.48. The van der Waals surface area contributed by atoms with Crippen molar-refractivity contribution in [3.63, 3.8) is 0 Å². The molecule has 0 unspecified atom stereocenters. The number of amides is 2. The van der Waals surface area contributed by atoms with Crippen LogP contribution in [0.5, 0.6) is 0 Å². The van der Waals surface area contributed by atoms with Gasteiger partial charge in [-0.25, -0.2) is 13.2 Å².